The van der Waals surface area contributed by atoms with Crippen molar-refractivity contribution in [3.05, 3.63) is 0 Å². The molecule has 10 heavy (non-hydrogen) atoms. The van der Waals surface area contributed by atoms with Crippen LogP contribution in [0, 0.1) is 0 Å². The highest BCUT2D eigenvalue weighted by molar-refractivity contribution is 4.50. The quantitative estimate of drug-likeness (QED) is 0.437. The van der Waals surface area contributed by atoms with Gasteiger partial charge in [0.15, 0.2) is 0 Å². The summed E-state index contributed by atoms with van der Waals surface area (Å²) in [5.74, 6) is 0. The van der Waals surface area contributed by atoms with Crippen molar-refractivity contribution in [1.82, 2.24) is 5.01 Å². The minimum absolute atomic E-state index is 0.356. The third kappa shape index (κ3) is 4.30. The van der Waals surface area contributed by atoms with Gasteiger partial charge in [0.2, 0.25) is 0 Å². The fraction of sp³-hybridized carbons (Fsp3) is 1.00. The number of nitrogens with zero attached hydrogens (tertiary/aromatic N) is 3. The molecule has 3 heteroatoms. The molecule has 60 valence electrons. The van der Waals surface area contributed by atoms with Gasteiger partial charge in [-0.3, -0.25) is 5.01 Å². The molecule has 1 atom stereocenters. The molecule has 0 unspecified atom stereocenters. The van der Waals surface area contributed by atoms with Crippen molar-refractivity contribution in [3.8, 4) is 0 Å². The Morgan fingerprint density at radius 3 is 2.40 bits per heavy atom. The van der Waals surface area contributed by atoms with Crippen LogP contribution >= 0.6 is 0 Å². The molecule has 0 bridgehead atoms. The zero-order valence-electron chi connectivity index (χ0n) is 7.33. The average Bonchev–Trinajstić information content (AvgIpc) is 1.99. The van der Waals surface area contributed by atoms with Gasteiger partial charge in [-0.1, -0.05) is 12.1 Å². The molecular weight excluding hydrogens is 126 g/mol. The van der Waals surface area contributed by atoms with Crippen LogP contribution in [0.2, 0.25) is 0 Å². The first kappa shape index (κ1) is 9.40. The number of rotatable bonds is 4. The van der Waals surface area contributed by atoms with E-state index in [0.717, 1.165) is 13.0 Å². The van der Waals surface area contributed by atoms with Crippen molar-refractivity contribution < 1.29 is 0 Å². The van der Waals surface area contributed by atoms with E-state index in [4.69, 9.17) is 0 Å². The smallest absolute Gasteiger partial charge is 0.0699 e. The van der Waals surface area contributed by atoms with Crippen LogP contribution in [-0.4, -0.2) is 24.6 Å². The molecule has 0 aromatic rings. The van der Waals surface area contributed by atoms with Crippen LogP contribution in [-0.2, 0) is 0 Å². The second-order valence-corrected chi connectivity index (χ2v) is 2.44. The molecule has 0 saturated heterocycles. The lowest BCUT2D eigenvalue weighted by molar-refractivity contribution is 0.335. The van der Waals surface area contributed by atoms with Crippen LogP contribution in [0.4, 0.5) is 0 Å². The molecule has 0 radical (unpaired) electrons. The van der Waals surface area contributed by atoms with Gasteiger partial charge in [-0.15, -0.1) is 0 Å². The largest absolute Gasteiger partial charge is 0.282 e. The summed E-state index contributed by atoms with van der Waals surface area (Å²) < 4.78 is 0. The van der Waals surface area contributed by atoms with E-state index in [0.29, 0.717) is 6.04 Å². The predicted molar refractivity (Wildman–Crippen MR) is 42.9 cm³/mol. The first-order chi connectivity index (χ1) is 4.70. The van der Waals surface area contributed by atoms with Gasteiger partial charge in [0, 0.05) is 13.6 Å². The van der Waals surface area contributed by atoms with E-state index in [1.165, 1.54) is 0 Å². The maximum atomic E-state index is 4.06. The highest BCUT2D eigenvalue weighted by atomic mass is 15.5. The van der Waals surface area contributed by atoms with E-state index in [9.17, 15) is 0 Å². The Bertz CT molecular complexity index is 89.0. The van der Waals surface area contributed by atoms with E-state index in [1.807, 2.05) is 12.1 Å². The molecular formula is C7H17N3. The third-order valence-electron chi connectivity index (χ3n) is 1.45. The van der Waals surface area contributed by atoms with Crippen LogP contribution in [0.3, 0.4) is 0 Å². The lowest BCUT2D eigenvalue weighted by atomic mass is 10.3. The summed E-state index contributed by atoms with van der Waals surface area (Å²) in [6, 6.07) is 0.356. The monoisotopic (exact) mass is 143 g/mol. The molecule has 0 saturated carbocycles. The van der Waals surface area contributed by atoms with Gasteiger partial charge in [0.05, 0.1) is 6.04 Å². The summed E-state index contributed by atoms with van der Waals surface area (Å²) in [5, 5.41) is 9.86. The summed E-state index contributed by atoms with van der Waals surface area (Å²) in [6.45, 7) is 7.14. The minimum atomic E-state index is 0.356. The molecule has 0 heterocycles. The second kappa shape index (κ2) is 5.21. The molecule has 0 rings (SSSR count). The van der Waals surface area contributed by atoms with Gasteiger partial charge >= 0.3 is 0 Å². The first-order valence-electron chi connectivity index (χ1n) is 3.82. The van der Waals surface area contributed by atoms with E-state index >= 15 is 0 Å². The minimum Gasteiger partial charge on any atom is -0.282 e. The Morgan fingerprint density at radius 2 is 2.00 bits per heavy atom. The van der Waals surface area contributed by atoms with Crippen LogP contribution in [0.1, 0.15) is 27.2 Å². The molecule has 0 fully saturated rings. The van der Waals surface area contributed by atoms with Gasteiger partial charge in [0.25, 0.3) is 0 Å². The summed E-state index contributed by atoms with van der Waals surface area (Å²) in [6.07, 6.45) is 1.06. The predicted octanol–water partition coefficient (Wildman–Crippen LogP) is 2.10. The second-order valence-electron chi connectivity index (χ2n) is 2.44. The molecule has 0 aromatic heterocycles. The zero-order chi connectivity index (χ0) is 7.98. The standard InChI is InChI=1S/C7H17N3/c1-5-7(3)8-9-10(4)6-2/h7H,5-6H2,1-4H3/t7-/m1/s1. The summed E-state index contributed by atoms with van der Waals surface area (Å²) in [4.78, 5) is 0. The molecule has 0 aromatic carbocycles. The van der Waals surface area contributed by atoms with E-state index < -0.39 is 0 Å². The maximum absolute atomic E-state index is 4.06. The van der Waals surface area contributed by atoms with E-state index in [1.54, 1.807) is 0 Å². The Kier molecular flexibility index (Phi) is 4.89. The van der Waals surface area contributed by atoms with Crippen LogP contribution in [0.5, 0.6) is 0 Å². The summed E-state index contributed by atoms with van der Waals surface area (Å²) >= 11 is 0. The topological polar surface area (TPSA) is 28.0 Å². The molecule has 0 spiro atoms. The summed E-state index contributed by atoms with van der Waals surface area (Å²) in [5.41, 5.74) is 0. The highest BCUT2D eigenvalue weighted by Gasteiger charge is 1.92. The SMILES string of the molecule is CC[C@@H](C)N=NN(C)CC. The Hall–Kier alpha value is -0.600. The van der Waals surface area contributed by atoms with Crippen molar-refractivity contribution in [2.45, 2.75) is 33.2 Å². The van der Waals surface area contributed by atoms with Crippen molar-refractivity contribution >= 4 is 0 Å². The van der Waals surface area contributed by atoms with Crippen LogP contribution in [0.25, 0.3) is 0 Å². The zero-order valence-corrected chi connectivity index (χ0v) is 7.33. The third-order valence-corrected chi connectivity index (χ3v) is 1.45. The van der Waals surface area contributed by atoms with Gasteiger partial charge in [-0.05, 0) is 20.3 Å². The molecule has 3 nitrogen and oxygen atoms in total. The summed E-state index contributed by atoms with van der Waals surface area (Å²) in [7, 11) is 1.92. The van der Waals surface area contributed by atoms with Crippen molar-refractivity contribution in [1.29, 1.82) is 0 Å². The Labute approximate surface area is 63.1 Å². The fourth-order valence-electron chi connectivity index (χ4n) is 0.321. The fourth-order valence-corrected chi connectivity index (χ4v) is 0.321. The van der Waals surface area contributed by atoms with E-state index in [2.05, 4.69) is 31.1 Å². The molecule has 0 N–H and O–H groups in total. The normalized spacial score (nSPS) is 14.0. The highest BCUT2D eigenvalue weighted by Crippen LogP contribution is 1.96. The molecule has 0 aliphatic heterocycles. The van der Waals surface area contributed by atoms with Crippen LogP contribution in [0.15, 0.2) is 10.3 Å². The van der Waals surface area contributed by atoms with Gasteiger partial charge in [-0.2, -0.15) is 5.11 Å². The van der Waals surface area contributed by atoms with Gasteiger partial charge in [-0.25, -0.2) is 0 Å². The average molecular weight is 143 g/mol. The van der Waals surface area contributed by atoms with Crippen molar-refractivity contribution in [2.24, 2.45) is 10.3 Å². The lowest BCUT2D eigenvalue weighted by Gasteiger charge is -2.07. The molecule has 0 aliphatic rings. The van der Waals surface area contributed by atoms with E-state index in [-0.39, 0.29) is 0 Å². The van der Waals surface area contributed by atoms with Crippen molar-refractivity contribution in [3.63, 3.8) is 0 Å². The Morgan fingerprint density at radius 1 is 1.40 bits per heavy atom. The molecule has 0 amide bonds. The number of hydrogen-bond acceptors (Lipinski definition) is 2. The van der Waals surface area contributed by atoms with Gasteiger partial charge < -0.3 is 0 Å². The van der Waals surface area contributed by atoms with Gasteiger partial charge in [0.1, 0.15) is 0 Å². The molecule has 0 aliphatic carbocycles. The van der Waals surface area contributed by atoms with Crippen molar-refractivity contribution in [2.75, 3.05) is 13.6 Å². The lowest BCUT2D eigenvalue weighted by Crippen LogP contribution is -2.09. The first-order valence-corrected chi connectivity index (χ1v) is 3.82. The van der Waals surface area contributed by atoms with Crippen LogP contribution < -0.4 is 0 Å². The number of hydrogen-bond donors (Lipinski definition) is 0. The maximum Gasteiger partial charge on any atom is 0.0699 e. The Balaban J connectivity index is 3.52.